The molecule has 2 nitrogen and oxygen atoms in total. The first-order valence-electron chi connectivity index (χ1n) is 4.45. The van der Waals surface area contributed by atoms with Gasteiger partial charge in [-0.05, 0) is 18.1 Å². The fourth-order valence-electron chi connectivity index (χ4n) is 1.23. The van der Waals surface area contributed by atoms with Gasteiger partial charge in [-0.25, -0.2) is 0 Å². The third-order valence-electron chi connectivity index (χ3n) is 2.15. The lowest BCUT2D eigenvalue weighted by Gasteiger charge is -2.12. The van der Waals surface area contributed by atoms with Crippen molar-refractivity contribution in [2.24, 2.45) is 5.92 Å². The van der Waals surface area contributed by atoms with Crippen molar-refractivity contribution >= 4 is 5.71 Å². The molecular weight excluding hydrogens is 162 g/mol. The SMILES string of the molecule is CC[C@H](CO)C(=N)c1cc[c]cc1. The molecule has 2 N–H and O–H groups in total. The maximum Gasteiger partial charge on any atom is 0.0514 e. The smallest absolute Gasteiger partial charge is 0.0514 e. The van der Waals surface area contributed by atoms with Gasteiger partial charge in [0.25, 0.3) is 0 Å². The molecule has 0 aliphatic heterocycles. The summed E-state index contributed by atoms with van der Waals surface area (Å²) in [6, 6.07) is 10.2. The lowest BCUT2D eigenvalue weighted by atomic mass is 9.95. The number of benzene rings is 1. The van der Waals surface area contributed by atoms with Crippen LogP contribution in [0.15, 0.2) is 24.3 Å². The van der Waals surface area contributed by atoms with E-state index >= 15 is 0 Å². The van der Waals surface area contributed by atoms with Crippen LogP contribution in [0.5, 0.6) is 0 Å². The molecule has 0 saturated carbocycles. The maximum atomic E-state index is 9.01. The molecule has 0 amide bonds. The molecule has 0 aliphatic rings. The van der Waals surface area contributed by atoms with Crippen molar-refractivity contribution < 1.29 is 5.11 Å². The Morgan fingerprint density at radius 3 is 2.62 bits per heavy atom. The molecule has 1 aromatic carbocycles. The predicted octanol–water partition coefficient (Wildman–Crippen LogP) is 1.87. The topological polar surface area (TPSA) is 44.1 Å². The number of nitrogens with one attached hydrogen (secondary N) is 1. The van der Waals surface area contributed by atoms with E-state index in [0.717, 1.165) is 12.0 Å². The van der Waals surface area contributed by atoms with Crippen molar-refractivity contribution in [3.05, 3.63) is 35.9 Å². The first-order valence-corrected chi connectivity index (χ1v) is 4.45. The highest BCUT2D eigenvalue weighted by Gasteiger charge is 2.12. The van der Waals surface area contributed by atoms with Gasteiger partial charge in [0.15, 0.2) is 0 Å². The number of rotatable bonds is 4. The van der Waals surface area contributed by atoms with E-state index in [1.54, 1.807) is 12.1 Å². The summed E-state index contributed by atoms with van der Waals surface area (Å²) in [5, 5.41) is 16.8. The Bertz CT molecular complexity index is 265. The van der Waals surface area contributed by atoms with E-state index in [-0.39, 0.29) is 12.5 Å². The second-order valence-corrected chi connectivity index (χ2v) is 2.99. The average Bonchev–Trinajstić information content (AvgIpc) is 2.21. The van der Waals surface area contributed by atoms with Crippen molar-refractivity contribution in [2.45, 2.75) is 13.3 Å². The molecular formula is C11H14NO. The normalized spacial score (nSPS) is 12.5. The van der Waals surface area contributed by atoms with Crippen molar-refractivity contribution in [1.29, 1.82) is 5.41 Å². The van der Waals surface area contributed by atoms with Gasteiger partial charge in [0.05, 0.1) is 6.61 Å². The van der Waals surface area contributed by atoms with Crippen LogP contribution < -0.4 is 0 Å². The van der Waals surface area contributed by atoms with Crippen molar-refractivity contribution in [1.82, 2.24) is 0 Å². The molecule has 0 aliphatic carbocycles. The average molecular weight is 176 g/mol. The molecule has 1 atom stereocenters. The minimum absolute atomic E-state index is 0.0394. The fourth-order valence-corrected chi connectivity index (χ4v) is 1.23. The molecule has 0 bridgehead atoms. The van der Waals surface area contributed by atoms with Crippen LogP contribution in [-0.2, 0) is 0 Å². The second-order valence-electron chi connectivity index (χ2n) is 2.99. The zero-order valence-corrected chi connectivity index (χ0v) is 7.75. The van der Waals surface area contributed by atoms with Gasteiger partial charge in [-0.15, -0.1) is 0 Å². The van der Waals surface area contributed by atoms with Gasteiger partial charge < -0.3 is 10.5 Å². The van der Waals surface area contributed by atoms with Gasteiger partial charge in [0.2, 0.25) is 0 Å². The summed E-state index contributed by atoms with van der Waals surface area (Å²) in [4.78, 5) is 0. The molecule has 1 radical (unpaired) electrons. The van der Waals surface area contributed by atoms with Gasteiger partial charge in [-0.1, -0.05) is 31.2 Å². The third-order valence-corrected chi connectivity index (χ3v) is 2.15. The summed E-state index contributed by atoms with van der Waals surface area (Å²) >= 11 is 0. The molecule has 0 spiro atoms. The minimum Gasteiger partial charge on any atom is -0.396 e. The third kappa shape index (κ3) is 2.39. The molecule has 1 rings (SSSR count). The van der Waals surface area contributed by atoms with Gasteiger partial charge in [-0.3, -0.25) is 0 Å². The van der Waals surface area contributed by atoms with Crippen molar-refractivity contribution in [2.75, 3.05) is 6.61 Å². The molecule has 69 valence electrons. The number of hydrogen-bond acceptors (Lipinski definition) is 2. The van der Waals surface area contributed by atoms with Crippen molar-refractivity contribution in [3.8, 4) is 0 Å². The van der Waals surface area contributed by atoms with E-state index in [1.165, 1.54) is 0 Å². The fraction of sp³-hybridized carbons (Fsp3) is 0.364. The van der Waals surface area contributed by atoms with E-state index in [2.05, 4.69) is 6.07 Å². The van der Waals surface area contributed by atoms with Gasteiger partial charge in [0.1, 0.15) is 0 Å². The molecule has 0 fully saturated rings. The Labute approximate surface area is 78.7 Å². The van der Waals surface area contributed by atoms with Crippen LogP contribution in [0.4, 0.5) is 0 Å². The number of aliphatic hydroxyl groups excluding tert-OH is 1. The predicted molar refractivity (Wildman–Crippen MR) is 53.0 cm³/mol. The van der Waals surface area contributed by atoms with E-state index in [0.29, 0.717) is 5.71 Å². The zero-order valence-electron chi connectivity index (χ0n) is 7.75. The number of aliphatic hydroxyl groups is 1. The van der Waals surface area contributed by atoms with Crippen LogP contribution in [0.3, 0.4) is 0 Å². The molecule has 0 unspecified atom stereocenters. The summed E-state index contributed by atoms with van der Waals surface area (Å²) in [7, 11) is 0. The molecule has 0 aromatic heterocycles. The maximum absolute atomic E-state index is 9.01. The first kappa shape index (κ1) is 9.93. The molecule has 13 heavy (non-hydrogen) atoms. The van der Waals surface area contributed by atoms with Crippen LogP contribution in [0.25, 0.3) is 0 Å². The van der Waals surface area contributed by atoms with Gasteiger partial charge in [-0.2, -0.15) is 0 Å². The standard InChI is InChI=1S/C11H14NO/c1-2-9(8-13)11(12)10-6-4-3-5-7-10/h4-7,9,12-13H,2,8H2,1H3/t9-/m1/s1. The summed E-state index contributed by atoms with van der Waals surface area (Å²) in [6.45, 7) is 2.03. The molecule has 0 heterocycles. The van der Waals surface area contributed by atoms with Crippen LogP contribution in [0.1, 0.15) is 18.9 Å². The van der Waals surface area contributed by atoms with Crippen LogP contribution >= 0.6 is 0 Å². The summed E-state index contributed by atoms with van der Waals surface area (Å²) in [6.07, 6.45) is 0.800. The van der Waals surface area contributed by atoms with Crippen LogP contribution in [0, 0.1) is 17.4 Å². The minimum atomic E-state index is -0.0394. The highest BCUT2D eigenvalue weighted by atomic mass is 16.3. The monoisotopic (exact) mass is 176 g/mol. The van der Waals surface area contributed by atoms with Gasteiger partial charge in [0, 0.05) is 11.6 Å². The Morgan fingerprint density at radius 2 is 2.15 bits per heavy atom. The highest BCUT2D eigenvalue weighted by molar-refractivity contribution is 5.99. The van der Waals surface area contributed by atoms with E-state index < -0.39 is 0 Å². The lowest BCUT2D eigenvalue weighted by molar-refractivity contribution is 0.258. The summed E-state index contributed by atoms with van der Waals surface area (Å²) in [5.41, 5.74) is 1.39. The summed E-state index contributed by atoms with van der Waals surface area (Å²) in [5.74, 6) is -0.0394. The Morgan fingerprint density at radius 1 is 1.54 bits per heavy atom. The quantitative estimate of drug-likeness (QED) is 0.676. The molecule has 2 heteroatoms. The van der Waals surface area contributed by atoms with Gasteiger partial charge >= 0.3 is 0 Å². The zero-order chi connectivity index (χ0) is 9.68. The highest BCUT2D eigenvalue weighted by Crippen LogP contribution is 2.10. The lowest BCUT2D eigenvalue weighted by Crippen LogP contribution is -2.17. The van der Waals surface area contributed by atoms with Crippen molar-refractivity contribution in [3.63, 3.8) is 0 Å². The summed E-state index contributed by atoms with van der Waals surface area (Å²) < 4.78 is 0. The molecule has 1 aromatic rings. The van der Waals surface area contributed by atoms with E-state index in [9.17, 15) is 0 Å². The Kier molecular flexibility index (Phi) is 3.65. The number of hydrogen-bond donors (Lipinski definition) is 2. The van der Waals surface area contributed by atoms with E-state index in [1.807, 2.05) is 19.1 Å². The Hall–Kier alpha value is -1.15. The largest absolute Gasteiger partial charge is 0.396 e. The second kappa shape index (κ2) is 4.77. The van der Waals surface area contributed by atoms with Crippen LogP contribution in [-0.4, -0.2) is 17.4 Å². The first-order chi connectivity index (χ1) is 6.29. The van der Waals surface area contributed by atoms with E-state index in [4.69, 9.17) is 10.5 Å². The molecule has 0 saturated heterocycles. The van der Waals surface area contributed by atoms with Crippen LogP contribution in [0.2, 0.25) is 0 Å². The Balaban J connectivity index is 2.78.